The molecule has 0 aliphatic carbocycles. The van der Waals surface area contributed by atoms with Gasteiger partial charge in [-0.1, -0.05) is 6.08 Å². The number of nitrogens with two attached hydrogens (primary N) is 1. The van der Waals surface area contributed by atoms with Crippen molar-refractivity contribution < 1.29 is 0 Å². The molecule has 0 unspecified atom stereocenters. The summed E-state index contributed by atoms with van der Waals surface area (Å²) < 4.78 is 3.00. The second kappa shape index (κ2) is 6.82. The standard InChI is InChI=1S/C9H16IN3/c1-4-5-8(11)9(12-3)6-7(2)13-10/h4-6,12-13H,11H2,1-3H3/b5-4-,7-6+,9-8-. The van der Waals surface area contributed by atoms with Crippen molar-refractivity contribution in [3.05, 3.63) is 35.3 Å². The first kappa shape index (κ1) is 12.3. The molecule has 0 heterocycles. The van der Waals surface area contributed by atoms with Gasteiger partial charge in [0.25, 0.3) is 0 Å². The minimum absolute atomic E-state index is 0.732. The quantitative estimate of drug-likeness (QED) is 0.421. The predicted molar refractivity (Wildman–Crippen MR) is 66.0 cm³/mol. The van der Waals surface area contributed by atoms with Crippen molar-refractivity contribution in [2.45, 2.75) is 13.8 Å². The Hall–Kier alpha value is -0.650. The zero-order chi connectivity index (χ0) is 10.3. The Labute approximate surface area is 93.6 Å². The third-order valence-electron chi connectivity index (χ3n) is 1.44. The van der Waals surface area contributed by atoms with Gasteiger partial charge in [0, 0.05) is 12.7 Å². The second-order valence-electron chi connectivity index (χ2n) is 2.54. The van der Waals surface area contributed by atoms with Gasteiger partial charge >= 0.3 is 0 Å². The van der Waals surface area contributed by atoms with E-state index in [0.717, 1.165) is 17.1 Å². The molecule has 0 saturated heterocycles. The third-order valence-corrected chi connectivity index (χ3v) is 2.29. The predicted octanol–water partition coefficient (Wildman–Crippen LogP) is 1.80. The van der Waals surface area contributed by atoms with E-state index in [4.69, 9.17) is 5.73 Å². The van der Waals surface area contributed by atoms with E-state index in [1.165, 1.54) is 0 Å². The lowest BCUT2D eigenvalue weighted by Crippen LogP contribution is -2.12. The number of likely N-dealkylation sites (N-methyl/N-ethyl adjacent to an activating group) is 1. The van der Waals surface area contributed by atoms with Gasteiger partial charge in [-0.15, -0.1) is 0 Å². The Kier molecular flexibility index (Phi) is 6.48. The first-order valence-corrected chi connectivity index (χ1v) is 5.08. The summed E-state index contributed by atoms with van der Waals surface area (Å²) in [5, 5.41) is 3.04. The highest BCUT2D eigenvalue weighted by molar-refractivity contribution is 14.1. The molecule has 0 rings (SSSR count). The molecule has 0 aliphatic rings. The van der Waals surface area contributed by atoms with Crippen LogP contribution in [-0.2, 0) is 0 Å². The van der Waals surface area contributed by atoms with Crippen LogP contribution in [0, 0.1) is 0 Å². The maximum absolute atomic E-state index is 5.80. The summed E-state index contributed by atoms with van der Waals surface area (Å²) in [5.74, 6) is 0. The number of nitrogens with one attached hydrogen (secondary N) is 2. The molecule has 0 aromatic carbocycles. The first-order valence-electron chi connectivity index (χ1n) is 4.00. The molecule has 0 radical (unpaired) electrons. The topological polar surface area (TPSA) is 50.1 Å². The molecule has 0 atom stereocenters. The SMILES string of the molecule is C\C=C/C(N)=C(\C=C(/C)NI)NC. The summed E-state index contributed by atoms with van der Waals surface area (Å²) in [6.07, 6.45) is 5.73. The minimum atomic E-state index is 0.732. The van der Waals surface area contributed by atoms with Crippen molar-refractivity contribution in [3.8, 4) is 0 Å². The van der Waals surface area contributed by atoms with E-state index in [-0.39, 0.29) is 0 Å². The molecule has 0 aliphatic heterocycles. The van der Waals surface area contributed by atoms with Crippen LogP contribution in [0.15, 0.2) is 35.3 Å². The van der Waals surface area contributed by atoms with Crippen molar-refractivity contribution in [2.75, 3.05) is 7.05 Å². The molecule has 0 fully saturated rings. The van der Waals surface area contributed by atoms with Crippen LogP contribution in [0.4, 0.5) is 0 Å². The van der Waals surface area contributed by atoms with E-state index < -0.39 is 0 Å². The lowest BCUT2D eigenvalue weighted by atomic mass is 10.2. The van der Waals surface area contributed by atoms with Crippen LogP contribution in [0.5, 0.6) is 0 Å². The summed E-state index contributed by atoms with van der Waals surface area (Å²) in [5.41, 5.74) is 8.50. The largest absolute Gasteiger partial charge is 0.397 e. The molecule has 4 heteroatoms. The molecule has 13 heavy (non-hydrogen) atoms. The van der Waals surface area contributed by atoms with E-state index in [2.05, 4.69) is 31.7 Å². The van der Waals surface area contributed by atoms with Gasteiger partial charge in [0.1, 0.15) is 0 Å². The van der Waals surface area contributed by atoms with E-state index in [9.17, 15) is 0 Å². The van der Waals surface area contributed by atoms with Gasteiger partial charge in [-0.05, 0) is 26.0 Å². The number of rotatable bonds is 4. The van der Waals surface area contributed by atoms with Crippen molar-refractivity contribution in [2.24, 2.45) is 5.73 Å². The molecular formula is C9H16IN3. The maximum Gasteiger partial charge on any atom is 0.0588 e. The highest BCUT2D eigenvalue weighted by atomic mass is 127. The highest BCUT2D eigenvalue weighted by Crippen LogP contribution is 2.02. The summed E-state index contributed by atoms with van der Waals surface area (Å²) in [6.45, 7) is 3.92. The Morgan fingerprint density at radius 3 is 2.46 bits per heavy atom. The van der Waals surface area contributed by atoms with E-state index in [1.54, 1.807) is 0 Å². The van der Waals surface area contributed by atoms with Crippen LogP contribution in [0.3, 0.4) is 0 Å². The average Bonchev–Trinajstić information content (AvgIpc) is 2.14. The second-order valence-corrected chi connectivity index (χ2v) is 3.08. The maximum atomic E-state index is 5.80. The number of hydrogen-bond acceptors (Lipinski definition) is 3. The van der Waals surface area contributed by atoms with E-state index in [1.807, 2.05) is 39.1 Å². The Morgan fingerprint density at radius 1 is 1.46 bits per heavy atom. The lowest BCUT2D eigenvalue weighted by molar-refractivity contribution is 0.993. The molecule has 0 aromatic rings. The third kappa shape index (κ3) is 4.82. The smallest absolute Gasteiger partial charge is 0.0588 e. The molecule has 4 N–H and O–H groups in total. The Bertz CT molecular complexity index is 241. The molecule has 0 amide bonds. The monoisotopic (exact) mass is 293 g/mol. The fourth-order valence-electron chi connectivity index (χ4n) is 0.813. The van der Waals surface area contributed by atoms with Crippen LogP contribution in [0.1, 0.15) is 13.8 Å². The van der Waals surface area contributed by atoms with Gasteiger partial charge in [-0.25, -0.2) is 0 Å². The molecule has 74 valence electrons. The van der Waals surface area contributed by atoms with Crippen LogP contribution in [0.25, 0.3) is 0 Å². The first-order chi connectivity index (χ1) is 6.15. The highest BCUT2D eigenvalue weighted by Gasteiger charge is 1.94. The number of hydrogen-bond donors (Lipinski definition) is 3. The molecular weight excluding hydrogens is 277 g/mol. The van der Waals surface area contributed by atoms with Gasteiger partial charge < -0.3 is 14.6 Å². The van der Waals surface area contributed by atoms with Gasteiger partial charge in [0.05, 0.1) is 34.3 Å². The van der Waals surface area contributed by atoms with Crippen molar-refractivity contribution in [1.82, 2.24) is 8.85 Å². The van der Waals surface area contributed by atoms with Gasteiger partial charge in [0.2, 0.25) is 0 Å². The van der Waals surface area contributed by atoms with Crippen LogP contribution in [0.2, 0.25) is 0 Å². The average molecular weight is 293 g/mol. The van der Waals surface area contributed by atoms with Crippen LogP contribution < -0.4 is 14.6 Å². The molecule has 0 saturated carbocycles. The molecule has 3 nitrogen and oxygen atoms in total. The summed E-state index contributed by atoms with van der Waals surface area (Å²) in [7, 11) is 1.85. The zero-order valence-electron chi connectivity index (χ0n) is 8.19. The van der Waals surface area contributed by atoms with Crippen molar-refractivity contribution >= 4 is 22.9 Å². The summed E-state index contributed by atoms with van der Waals surface area (Å²) >= 11 is 2.08. The number of allylic oxidation sites excluding steroid dienone is 4. The number of halogens is 1. The molecule has 0 spiro atoms. The zero-order valence-corrected chi connectivity index (χ0v) is 10.3. The van der Waals surface area contributed by atoms with E-state index >= 15 is 0 Å². The minimum Gasteiger partial charge on any atom is -0.397 e. The molecule has 0 bridgehead atoms. The van der Waals surface area contributed by atoms with Crippen molar-refractivity contribution in [3.63, 3.8) is 0 Å². The summed E-state index contributed by atoms with van der Waals surface area (Å²) in [4.78, 5) is 0. The normalized spacial score (nSPS) is 14.3. The van der Waals surface area contributed by atoms with Crippen LogP contribution >= 0.6 is 22.9 Å². The lowest BCUT2D eigenvalue weighted by Gasteiger charge is -2.05. The van der Waals surface area contributed by atoms with Crippen LogP contribution in [-0.4, -0.2) is 7.05 Å². The van der Waals surface area contributed by atoms with Gasteiger partial charge in [-0.3, -0.25) is 0 Å². The van der Waals surface area contributed by atoms with Gasteiger partial charge in [-0.2, -0.15) is 0 Å². The Balaban J connectivity index is 4.78. The Morgan fingerprint density at radius 2 is 2.08 bits per heavy atom. The molecule has 0 aromatic heterocycles. The fraction of sp³-hybridized carbons (Fsp3) is 0.333. The van der Waals surface area contributed by atoms with E-state index in [0.29, 0.717) is 0 Å². The summed E-state index contributed by atoms with van der Waals surface area (Å²) in [6, 6.07) is 0. The van der Waals surface area contributed by atoms with Gasteiger partial charge in [0.15, 0.2) is 0 Å². The van der Waals surface area contributed by atoms with Crippen molar-refractivity contribution in [1.29, 1.82) is 0 Å². The fourth-order valence-corrected chi connectivity index (χ4v) is 0.969.